The maximum Gasteiger partial charge on any atom is 0.161 e. The first-order chi connectivity index (χ1) is 12.5. The van der Waals surface area contributed by atoms with Gasteiger partial charge in [-0.15, -0.1) is 0 Å². The third kappa shape index (κ3) is 3.72. The fourth-order valence-corrected chi connectivity index (χ4v) is 4.90. The summed E-state index contributed by atoms with van der Waals surface area (Å²) < 4.78 is 11.7. The average Bonchev–Trinajstić information content (AvgIpc) is 3.44. The number of aliphatic hydroxyl groups is 1. The van der Waals surface area contributed by atoms with Crippen LogP contribution in [0.2, 0.25) is 0 Å². The average molecular weight is 361 g/mol. The van der Waals surface area contributed by atoms with Crippen LogP contribution < -0.4 is 14.4 Å². The standard InChI is InChI=1S/C22H33NO3/c1-14(2)8-17-12-23-7-6-16-9-22(26-13-15-4-5-15)21(25-3)10-18(16)19(23)11-20(17)24/h9-10,14-15,17,19-20,24H,4-8,11-13H2,1-3H3/p+1/t17-,19-,20-/m1/s1. The molecule has 2 heterocycles. The molecule has 1 unspecified atom stereocenters. The lowest BCUT2D eigenvalue weighted by Crippen LogP contribution is -3.15. The van der Waals surface area contributed by atoms with Crippen LogP contribution in [0.4, 0.5) is 0 Å². The highest BCUT2D eigenvalue weighted by Crippen LogP contribution is 2.38. The molecule has 0 amide bonds. The van der Waals surface area contributed by atoms with E-state index < -0.39 is 0 Å². The number of benzene rings is 1. The van der Waals surface area contributed by atoms with Gasteiger partial charge < -0.3 is 19.5 Å². The Balaban J connectivity index is 1.55. The monoisotopic (exact) mass is 360 g/mol. The molecule has 2 aliphatic heterocycles. The molecule has 144 valence electrons. The van der Waals surface area contributed by atoms with Crippen LogP contribution in [0.5, 0.6) is 11.5 Å². The van der Waals surface area contributed by atoms with Crippen molar-refractivity contribution in [3.8, 4) is 11.5 Å². The van der Waals surface area contributed by atoms with Gasteiger partial charge in [-0.25, -0.2) is 0 Å². The van der Waals surface area contributed by atoms with Gasteiger partial charge in [0.2, 0.25) is 0 Å². The van der Waals surface area contributed by atoms with E-state index in [4.69, 9.17) is 9.47 Å². The molecule has 1 aromatic carbocycles. The Morgan fingerprint density at radius 3 is 2.73 bits per heavy atom. The van der Waals surface area contributed by atoms with Gasteiger partial charge in [0.05, 0.1) is 32.9 Å². The molecule has 1 aromatic rings. The van der Waals surface area contributed by atoms with Crippen LogP contribution in [0.1, 0.15) is 56.7 Å². The Kier molecular flexibility index (Phi) is 5.15. The van der Waals surface area contributed by atoms with E-state index in [9.17, 15) is 5.11 Å². The molecule has 0 bridgehead atoms. The maximum absolute atomic E-state index is 10.7. The summed E-state index contributed by atoms with van der Waals surface area (Å²) in [5.74, 6) is 3.57. The molecular formula is C22H34NO3+. The molecule has 1 aliphatic carbocycles. The summed E-state index contributed by atoms with van der Waals surface area (Å²) >= 11 is 0. The van der Waals surface area contributed by atoms with Crippen molar-refractivity contribution in [2.75, 3.05) is 26.8 Å². The Hall–Kier alpha value is -1.26. The quantitative estimate of drug-likeness (QED) is 0.819. The molecule has 0 aromatic heterocycles. The first kappa shape index (κ1) is 18.1. The highest BCUT2D eigenvalue weighted by atomic mass is 16.5. The third-order valence-corrected chi connectivity index (χ3v) is 6.50. The molecule has 4 heteroatoms. The molecule has 4 nitrogen and oxygen atoms in total. The molecule has 4 atom stereocenters. The summed E-state index contributed by atoms with van der Waals surface area (Å²) in [5, 5.41) is 10.7. The number of piperidine rings is 1. The fraction of sp³-hybridized carbons (Fsp3) is 0.727. The van der Waals surface area contributed by atoms with Gasteiger partial charge in [0.1, 0.15) is 6.04 Å². The zero-order valence-electron chi connectivity index (χ0n) is 16.5. The minimum atomic E-state index is -0.186. The summed E-state index contributed by atoms with van der Waals surface area (Å²) in [6.07, 6.45) is 5.49. The lowest BCUT2D eigenvalue weighted by Gasteiger charge is -2.43. The van der Waals surface area contributed by atoms with Gasteiger partial charge >= 0.3 is 0 Å². The smallest absolute Gasteiger partial charge is 0.161 e. The van der Waals surface area contributed by atoms with Gasteiger partial charge in [-0.1, -0.05) is 13.8 Å². The highest BCUT2D eigenvalue weighted by molar-refractivity contribution is 5.49. The van der Waals surface area contributed by atoms with Crippen molar-refractivity contribution in [3.05, 3.63) is 23.3 Å². The highest BCUT2D eigenvalue weighted by Gasteiger charge is 2.42. The van der Waals surface area contributed by atoms with E-state index in [1.54, 1.807) is 12.0 Å². The number of hydrogen-bond acceptors (Lipinski definition) is 3. The fourth-order valence-electron chi connectivity index (χ4n) is 4.90. The van der Waals surface area contributed by atoms with Crippen molar-refractivity contribution in [1.82, 2.24) is 0 Å². The molecule has 2 fully saturated rings. The van der Waals surface area contributed by atoms with Crippen molar-refractivity contribution in [2.45, 2.75) is 58.1 Å². The number of nitrogens with one attached hydrogen (secondary N) is 1. The minimum absolute atomic E-state index is 0.186. The molecule has 0 radical (unpaired) electrons. The van der Waals surface area contributed by atoms with E-state index in [0.29, 0.717) is 17.9 Å². The molecule has 4 rings (SSSR count). The van der Waals surface area contributed by atoms with Gasteiger partial charge in [-0.2, -0.15) is 0 Å². The minimum Gasteiger partial charge on any atom is -0.493 e. The number of methoxy groups -OCH3 is 1. The van der Waals surface area contributed by atoms with Crippen LogP contribution in [0.25, 0.3) is 0 Å². The zero-order valence-corrected chi connectivity index (χ0v) is 16.5. The van der Waals surface area contributed by atoms with Crippen LogP contribution in [0.3, 0.4) is 0 Å². The maximum atomic E-state index is 10.7. The molecule has 1 saturated heterocycles. The van der Waals surface area contributed by atoms with E-state index in [2.05, 4.69) is 26.0 Å². The predicted octanol–water partition coefficient (Wildman–Crippen LogP) is 2.39. The van der Waals surface area contributed by atoms with E-state index >= 15 is 0 Å². The Labute approximate surface area is 157 Å². The summed E-state index contributed by atoms with van der Waals surface area (Å²) in [7, 11) is 1.73. The topological polar surface area (TPSA) is 43.1 Å². The number of quaternary nitrogens is 1. The summed E-state index contributed by atoms with van der Waals surface area (Å²) in [6.45, 7) is 7.58. The largest absolute Gasteiger partial charge is 0.493 e. The van der Waals surface area contributed by atoms with Crippen molar-refractivity contribution in [3.63, 3.8) is 0 Å². The van der Waals surface area contributed by atoms with Gasteiger partial charge in [-0.05, 0) is 48.8 Å². The first-order valence-electron chi connectivity index (χ1n) is 10.4. The zero-order chi connectivity index (χ0) is 18.3. The van der Waals surface area contributed by atoms with Crippen LogP contribution in [0.15, 0.2) is 12.1 Å². The van der Waals surface area contributed by atoms with Crippen LogP contribution in [-0.4, -0.2) is 38.0 Å². The van der Waals surface area contributed by atoms with E-state index in [0.717, 1.165) is 56.4 Å². The van der Waals surface area contributed by atoms with Gasteiger partial charge in [-0.3, -0.25) is 0 Å². The number of aliphatic hydroxyl groups excluding tert-OH is 1. The van der Waals surface area contributed by atoms with Crippen molar-refractivity contribution >= 4 is 0 Å². The number of ether oxygens (including phenoxy) is 2. The van der Waals surface area contributed by atoms with Gasteiger partial charge in [0.25, 0.3) is 0 Å². The summed E-state index contributed by atoms with van der Waals surface area (Å²) in [4.78, 5) is 1.64. The SMILES string of the molecule is COc1cc2c(cc1OCC1CC1)CC[NH+]1C[C@@H](CC(C)C)[C@H](O)C[C@H]21. The third-order valence-electron chi connectivity index (χ3n) is 6.50. The number of hydrogen-bond donors (Lipinski definition) is 2. The second-order valence-corrected chi connectivity index (χ2v) is 9.06. The van der Waals surface area contributed by atoms with E-state index in [1.165, 1.54) is 24.0 Å². The van der Waals surface area contributed by atoms with Crippen molar-refractivity contribution in [2.24, 2.45) is 17.8 Å². The predicted molar refractivity (Wildman–Crippen MR) is 102 cm³/mol. The van der Waals surface area contributed by atoms with Crippen molar-refractivity contribution < 1.29 is 19.5 Å². The Morgan fingerprint density at radius 2 is 2.04 bits per heavy atom. The van der Waals surface area contributed by atoms with Crippen LogP contribution in [0, 0.1) is 17.8 Å². The lowest BCUT2D eigenvalue weighted by atomic mass is 9.79. The summed E-state index contributed by atoms with van der Waals surface area (Å²) in [5.41, 5.74) is 2.75. The van der Waals surface area contributed by atoms with Crippen molar-refractivity contribution in [1.29, 1.82) is 0 Å². The van der Waals surface area contributed by atoms with E-state index in [1.807, 2.05) is 0 Å². The van der Waals surface area contributed by atoms with Gasteiger partial charge in [0, 0.05) is 24.3 Å². The lowest BCUT2D eigenvalue weighted by molar-refractivity contribution is -0.944. The molecule has 3 aliphatic rings. The summed E-state index contributed by atoms with van der Waals surface area (Å²) in [6, 6.07) is 4.79. The Bertz CT molecular complexity index is 641. The molecule has 26 heavy (non-hydrogen) atoms. The van der Waals surface area contributed by atoms with E-state index in [-0.39, 0.29) is 6.10 Å². The van der Waals surface area contributed by atoms with Gasteiger partial charge in [0.15, 0.2) is 11.5 Å². The molecular weight excluding hydrogens is 326 g/mol. The van der Waals surface area contributed by atoms with Crippen LogP contribution >= 0.6 is 0 Å². The molecule has 0 spiro atoms. The first-order valence-corrected chi connectivity index (χ1v) is 10.4. The van der Waals surface area contributed by atoms with Crippen LogP contribution in [-0.2, 0) is 6.42 Å². The number of fused-ring (bicyclic) bond motifs is 3. The Morgan fingerprint density at radius 1 is 1.23 bits per heavy atom. The second kappa shape index (κ2) is 7.40. The molecule has 1 saturated carbocycles. The normalized spacial score (nSPS) is 30.7. The molecule has 2 N–H and O–H groups in total. The number of rotatable bonds is 6. The second-order valence-electron chi connectivity index (χ2n) is 9.06.